The maximum absolute atomic E-state index is 12.2. The van der Waals surface area contributed by atoms with E-state index < -0.39 is 0 Å². The van der Waals surface area contributed by atoms with Crippen molar-refractivity contribution in [1.29, 1.82) is 0 Å². The van der Waals surface area contributed by atoms with Gasteiger partial charge in [-0.05, 0) is 36.7 Å². The van der Waals surface area contributed by atoms with E-state index in [1.807, 2.05) is 6.07 Å². The first-order valence-electron chi connectivity index (χ1n) is 8.17. The quantitative estimate of drug-likeness (QED) is 0.824. The number of carbonyl (C=O) groups is 1. The summed E-state index contributed by atoms with van der Waals surface area (Å²) in [5.41, 5.74) is 1.27. The van der Waals surface area contributed by atoms with Crippen LogP contribution in [-0.2, 0) is 4.79 Å². The van der Waals surface area contributed by atoms with Crippen LogP contribution in [0.5, 0.6) is 0 Å². The average molecular weight is 271 g/mol. The van der Waals surface area contributed by atoms with Crippen LogP contribution < -0.4 is 5.32 Å². The van der Waals surface area contributed by atoms with Gasteiger partial charge in [-0.3, -0.25) is 4.79 Å². The Balaban J connectivity index is 1.52. The zero-order valence-corrected chi connectivity index (χ0v) is 12.2. The van der Waals surface area contributed by atoms with Gasteiger partial charge in [-0.2, -0.15) is 0 Å². The summed E-state index contributed by atoms with van der Waals surface area (Å²) in [6.45, 7) is 0. The first-order valence-corrected chi connectivity index (χ1v) is 8.17. The van der Waals surface area contributed by atoms with Gasteiger partial charge in [0.15, 0.2) is 0 Å². The Morgan fingerprint density at radius 2 is 1.80 bits per heavy atom. The molecule has 1 N–H and O–H groups in total. The lowest BCUT2D eigenvalue weighted by Crippen LogP contribution is -2.29. The number of nitrogens with one attached hydrogen (secondary N) is 1. The first-order chi connectivity index (χ1) is 9.83. The Hall–Kier alpha value is -1.31. The van der Waals surface area contributed by atoms with E-state index in [1.54, 1.807) is 0 Å². The number of carbonyl (C=O) groups excluding carboxylic acids is 1. The molecule has 1 aromatic carbocycles. The molecule has 1 amide bonds. The molecule has 1 aromatic rings. The highest BCUT2D eigenvalue weighted by atomic mass is 16.1. The van der Waals surface area contributed by atoms with Crippen molar-refractivity contribution in [2.45, 2.75) is 57.4 Å². The minimum absolute atomic E-state index is 0.243. The SMILES string of the molecule is O=C(CCC1CCCC1)NC(c1ccccc1)C1CC1. The second kappa shape index (κ2) is 6.43. The van der Waals surface area contributed by atoms with Crippen molar-refractivity contribution in [1.82, 2.24) is 5.32 Å². The molecule has 2 aliphatic carbocycles. The van der Waals surface area contributed by atoms with E-state index in [0.717, 1.165) is 12.3 Å². The summed E-state index contributed by atoms with van der Waals surface area (Å²) in [7, 11) is 0. The Morgan fingerprint density at radius 1 is 1.10 bits per heavy atom. The molecule has 2 nitrogen and oxygen atoms in total. The minimum Gasteiger partial charge on any atom is -0.349 e. The molecule has 2 heteroatoms. The number of rotatable bonds is 6. The van der Waals surface area contributed by atoms with E-state index in [4.69, 9.17) is 0 Å². The fraction of sp³-hybridized carbons (Fsp3) is 0.611. The van der Waals surface area contributed by atoms with Gasteiger partial charge in [0.25, 0.3) is 0 Å². The number of hydrogen-bond donors (Lipinski definition) is 1. The summed E-state index contributed by atoms with van der Waals surface area (Å²) < 4.78 is 0. The zero-order valence-electron chi connectivity index (χ0n) is 12.2. The molecule has 3 rings (SSSR count). The van der Waals surface area contributed by atoms with Crippen molar-refractivity contribution >= 4 is 5.91 Å². The third-order valence-corrected chi connectivity index (χ3v) is 4.82. The molecule has 0 bridgehead atoms. The Labute approximate surface area is 122 Å². The molecule has 2 fully saturated rings. The largest absolute Gasteiger partial charge is 0.349 e. The molecule has 1 unspecified atom stereocenters. The van der Waals surface area contributed by atoms with E-state index >= 15 is 0 Å². The summed E-state index contributed by atoms with van der Waals surface area (Å²) in [6, 6.07) is 10.7. The molecule has 0 spiro atoms. The van der Waals surface area contributed by atoms with Gasteiger partial charge in [0.1, 0.15) is 0 Å². The van der Waals surface area contributed by atoms with Crippen LogP contribution in [0.1, 0.15) is 63.0 Å². The maximum atomic E-state index is 12.2. The van der Waals surface area contributed by atoms with Crippen LogP contribution in [0.2, 0.25) is 0 Å². The number of benzene rings is 1. The molecule has 1 atom stereocenters. The van der Waals surface area contributed by atoms with E-state index in [9.17, 15) is 4.79 Å². The first kappa shape index (κ1) is 13.7. The van der Waals surface area contributed by atoms with Crippen LogP contribution in [0, 0.1) is 11.8 Å². The summed E-state index contributed by atoms with van der Waals surface area (Å²) in [5, 5.41) is 3.28. The Bertz CT molecular complexity index is 432. The van der Waals surface area contributed by atoms with Crippen LogP contribution in [0.15, 0.2) is 30.3 Å². The highest BCUT2D eigenvalue weighted by Gasteiger charge is 2.33. The average Bonchev–Trinajstić information content (AvgIpc) is 3.19. The second-order valence-corrected chi connectivity index (χ2v) is 6.48. The van der Waals surface area contributed by atoms with Crippen molar-refractivity contribution in [2.24, 2.45) is 11.8 Å². The third kappa shape index (κ3) is 3.62. The van der Waals surface area contributed by atoms with Gasteiger partial charge in [-0.25, -0.2) is 0 Å². The molecule has 0 radical (unpaired) electrons. The van der Waals surface area contributed by atoms with Crippen molar-refractivity contribution in [3.8, 4) is 0 Å². The summed E-state index contributed by atoms with van der Waals surface area (Å²) in [4.78, 5) is 12.2. The number of hydrogen-bond acceptors (Lipinski definition) is 1. The van der Waals surface area contributed by atoms with Crippen molar-refractivity contribution in [2.75, 3.05) is 0 Å². The predicted molar refractivity (Wildman–Crippen MR) is 81.2 cm³/mol. The molecule has 2 saturated carbocycles. The fourth-order valence-corrected chi connectivity index (χ4v) is 3.44. The highest BCUT2D eigenvalue weighted by Crippen LogP contribution is 2.41. The lowest BCUT2D eigenvalue weighted by atomic mass is 10.00. The fourth-order valence-electron chi connectivity index (χ4n) is 3.44. The molecule has 0 aromatic heterocycles. The van der Waals surface area contributed by atoms with Crippen LogP contribution >= 0.6 is 0 Å². The standard InChI is InChI=1S/C18H25NO/c20-17(13-10-14-6-4-5-7-14)19-18(16-11-12-16)15-8-2-1-3-9-15/h1-3,8-9,14,16,18H,4-7,10-13H2,(H,19,20). The van der Waals surface area contributed by atoms with E-state index in [-0.39, 0.29) is 11.9 Å². The Kier molecular flexibility index (Phi) is 4.39. The topological polar surface area (TPSA) is 29.1 Å². The summed E-state index contributed by atoms with van der Waals surface area (Å²) >= 11 is 0. The van der Waals surface area contributed by atoms with E-state index in [2.05, 4.69) is 29.6 Å². The van der Waals surface area contributed by atoms with Crippen molar-refractivity contribution in [3.05, 3.63) is 35.9 Å². The molecule has 20 heavy (non-hydrogen) atoms. The zero-order chi connectivity index (χ0) is 13.8. The maximum Gasteiger partial charge on any atom is 0.220 e. The molecular weight excluding hydrogens is 246 g/mol. The summed E-state index contributed by atoms with van der Waals surface area (Å²) in [6.07, 6.45) is 9.68. The monoisotopic (exact) mass is 271 g/mol. The predicted octanol–water partition coefficient (Wildman–Crippen LogP) is 4.22. The third-order valence-electron chi connectivity index (χ3n) is 4.82. The van der Waals surface area contributed by atoms with Gasteiger partial charge in [0, 0.05) is 6.42 Å². The van der Waals surface area contributed by atoms with Gasteiger partial charge in [0.05, 0.1) is 6.04 Å². The highest BCUT2D eigenvalue weighted by molar-refractivity contribution is 5.76. The molecule has 108 valence electrons. The van der Waals surface area contributed by atoms with Gasteiger partial charge < -0.3 is 5.32 Å². The van der Waals surface area contributed by atoms with Crippen molar-refractivity contribution < 1.29 is 4.79 Å². The van der Waals surface area contributed by atoms with Gasteiger partial charge >= 0.3 is 0 Å². The number of amides is 1. The minimum atomic E-state index is 0.243. The molecule has 0 heterocycles. The van der Waals surface area contributed by atoms with Crippen molar-refractivity contribution in [3.63, 3.8) is 0 Å². The second-order valence-electron chi connectivity index (χ2n) is 6.48. The summed E-state index contributed by atoms with van der Waals surface area (Å²) in [5.74, 6) is 1.71. The molecule has 0 aliphatic heterocycles. The smallest absolute Gasteiger partial charge is 0.220 e. The van der Waals surface area contributed by atoms with Crippen LogP contribution in [-0.4, -0.2) is 5.91 Å². The normalized spacial score (nSPS) is 20.8. The van der Waals surface area contributed by atoms with Crippen LogP contribution in [0.25, 0.3) is 0 Å². The van der Waals surface area contributed by atoms with Crippen LogP contribution in [0.3, 0.4) is 0 Å². The van der Waals surface area contributed by atoms with E-state index in [0.29, 0.717) is 12.3 Å². The molecule has 0 saturated heterocycles. The van der Waals surface area contributed by atoms with Crippen LogP contribution in [0.4, 0.5) is 0 Å². The Morgan fingerprint density at radius 3 is 2.45 bits per heavy atom. The van der Waals surface area contributed by atoms with Gasteiger partial charge in [-0.1, -0.05) is 56.0 Å². The van der Waals surface area contributed by atoms with Gasteiger partial charge in [-0.15, -0.1) is 0 Å². The molecular formula is C18H25NO. The lowest BCUT2D eigenvalue weighted by Gasteiger charge is -2.19. The van der Waals surface area contributed by atoms with Gasteiger partial charge in [0.2, 0.25) is 5.91 Å². The van der Waals surface area contributed by atoms with E-state index in [1.165, 1.54) is 44.1 Å². The molecule has 2 aliphatic rings. The lowest BCUT2D eigenvalue weighted by molar-refractivity contribution is -0.122.